The van der Waals surface area contributed by atoms with Crippen LogP contribution < -0.4 is 5.32 Å². The average molecular weight is 281 g/mol. The summed E-state index contributed by atoms with van der Waals surface area (Å²) in [5, 5.41) is 2.95. The van der Waals surface area contributed by atoms with Crippen molar-refractivity contribution in [2.45, 2.75) is 58.1 Å². The fourth-order valence-corrected chi connectivity index (χ4v) is 3.35. The number of ether oxygens (including phenoxy) is 2. The molecule has 0 aromatic heterocycles. The van der Waals surface area contributed by atoms with Gasteiger partial charge in [-0.3, -0.25) is 0 Å². The van der Waals surface area contributed by atoms with Crippen LogP contribution in [0, 0.1) is 5.41 Å². The molecule has 3 aliphatic rings. The topological polar surface area (TPSA) is 64.6 Å². The maximum atomic E-state index is 11.7. The summed E-state index contributed by atoms with van der Waals surface area (Å²) in [6.45, 7) is 7.30. The van der Waals surface area contributed by atoms with E-state index in [9.17, 15) is 9.59 Å². The van der Waals surface area contributed by atoms with Crippen LogP contribution in [0.25, 0.3) is 0 Å². The maximum Gasteiger partial charge on any atom is 0.408 e. The highest BCUT2D eigenvalue weighted by Crippen LogP contribution is 2.68. The zero-order chi connectivity index (χ0) is 15.2. The molecule has 1 N–H and O–H groups in total. The van der Waals surface area contributed by atoms with Crippen LogP contribution in [0.4, 0.5) is 4.79 Å². The highest BCUT2D eigenvalue weighted by molar-refractivity contribution is 5.88. The first kappa shape index (κ1) is 14.9. The molecule has 5 heteroatoms. The van der Waals surface area contributed by atoms with Gasteiger partial charge in [-0.1, -0.05) is 6.08 Å². The second kappa shape index (κ2) is 4.50. The summed E-state index contributed by atoms with van der Waals surface area (Å²) in [7, 11) is 1.38. The highest BCUT2D eigenvalue weighted by Gasteiger charge is 2.67. The van der Waals surface area contributed by atoms with Gasteiger partial charge in [0.05, 0.1) is 7.11 Å². The van der Waals surface area contributed by atoms with E-state index in [0.29, 0.717) is 5.57 Å². The number of amides is 1. The van der Waals surface area contributed by atoms with E-state index in [2.05, 4.69) is 5.32 Å². The smallest absolute Gasteiger partial charge is 0.408 e. The van der Waals surface area contributed by atoms with Gasteiger partial charge in [0, 0.05) is 11.1 Å². The van der Waals surface area contributed by atoms with Gasteiger partial charge >= 0.3 is 12.1 Å². The molecule has 0 aromatic rings. The third-order valence-electron chi connectivity index (χ3n) is 3.87. The lowest BCUT2D eigenvalue weighted by Gasteiger charge is -2.69. The summed E-state index contributed by atoms with van der Waals surface area (Å²) >= 11 is 0. The van der Waals surface area contributed by atoms with Crippen LogP contribution in [0.15, 0.2) is 11.6 Å². The lowest BCUT2D eigenvalue weighted by atomic mass is 9.39. The van der Waals surface area contributed by atoms with Gasteiger partial charge in [-0.05, 0) is 52.4 Å². The zero-order valence-corrected chi connectivity index (χ0v) is 12.8. The van der Waals surface area contributed by atoms with E-state index in [1.54, 1.807) is 6.92 Å². The molecule has 3 rings (SSSR count). The Morgan fingerprint density at radius 1 is 1.20 bits per heavy atom. The number of hydrogen-bond donors (Lipinski definition) is 1. The van der Waals surface area contributed by atoms with Gasteiger partial charge in [-0.25, -0.2) is 9.59 Å². The normalized spacial score (nSPS) is 31.8. The molecule has 0 spiro atoms. The first-order chi connectivity index (χ1) is 9.09. The lowest BCUT2D eigenvalue weighted by molar-refractivity contribution is -0.137. The van der Waals surface area contributed by atoms with E-state index in [-0.39, 0.29) is 23.0 Å². The predicted octanol–water partition coefficient (Wildman–Crippen LogP) is 2.55. The van der Waals surface area contributed by atoms with Crippen molar-refractivity contribution in [3.05, 3.63) is 11.6 Å². The van der Waals surface area contributed by atoms with Crippen LogP contribution in [-0.4, -0.2) is 30.3 Å². The van der Waals surface area contributed by atoms with Crippen molar-refractivity contribution in [2.24, 2.45) is 5.41 Å². The van der Waals surface area contributed by atoms with Gasteiger partial charge in [-0.15, -0.1) is 0 Å². The number of carbonyl (C=O) groups is 2. The van der Waals surface area contributed by atoms with Crippen molar-refractivity contribution in [1.29, 1.82) is 0 Å². The van der Waals surface area contributed by atoms with Crippen LogP contribution in [0.2, 0.25) is 0 Å². The minimum absolute atomic E-state index is 0.0628. The van der Waals surface area contributed by atoms with Crippen molar-refractivity contribution < 1.29 is 19.1 Å². The molecule has 3 saturated carbocycles. The fourth-order valence-electron chi connectivity index (χ4n) is 3.35. The number of carbonyl (C=O) groups excluding carboxylic acids is 2. The molecule has 0 aromatic carbocycles. The molecule has 0 atom stereocenters. The minimum Gasteiger partial charge on any atom is -0.466 e. The summed E-state index contributed by atoms with van der Waals surface area (Å²) in [5.41, 5.74) is 0.0907. The maximum absolute atomic E-state index is 11.7. The SMILES string of the molecule is COC(=O)/C(C)=C\C12CC(NC(=O)OC(C)(C)C)(C1)C2. The highest BCUT2D eigenvalue weighted by atomic mass is 16.6. The average Bonchev–Trinajstić information content (AvgIpc) is 2.20. The monoisotopic (exact) mass is 281 g/mol. The Labute approximate surface area is 119 Å². The first-order valence-electron chi connectivity index (χ1n) is 6.88. The molecule has 0 radical (unpaired) electrons. The van der Waals surface area contributed by atoms with Crippen LogP contribution in [0.3, 0.4) is 0 Å². The Balaban J connectivity index is 1.85. The molecule has 0 aliphatic heterocycles. The molecule has 3 aliphatic carbocycles. The third-order valence-corrected chi connectivity index (χ3v) is 3.87. The Morgan fingerprint density at radius 2 is 1.75 bits per heavy atom. The molecule has 20 heavy (non-hydrogen) atoms. The molecular weight excluding hydrogens is 258 g/mol. The molecule has 112 valence electrons. The van der Waals surface area contributed by atoms with Gasteiger partial charge in [0.25, 0.3) is 0 Å². The van der Waals surface area contributed by atoms with Gasteiger partial charge in [-0.2, -0.15) is 0 Å². The summed E-state index contributed by atoms with van der Waals surface area (Å²) < 4.78 is 9.96. The van der Waals surface area contributed by atoms with E-state index in [4.69, 9.17) is 9.47 Å². The van der Waals surface area contributed by atoms with E-state index >= 15 is 0 Å². The number of allylic oxidation sites excluding steroid dienone is 1. The van der Waals surface area contributed by atoms with E-state index in [1.807, 2.05) is 26.8 Å². The summed E-state index contributed by atoms with van der Waals surface area (Å²) in [6, 6.07) is 0. The van der Waals surface area contributed by atoms with Crippen LogP contribution in [-0.2, 0) is 14.3 Å². The number of methoxy groups -OCH3 is 1. The molecule has 0 unspecified atom stereocenters. The predicted molar refractivity (Wildman–Crippen MR) is 74.2 cm³/mol. The van der Waals surface area contributed by atoms with E-state index in [0.717, 1.165) is 19.3 Å². The van der Waals surface area contributed by atoms with Crippen LogP contribution >= 0.6 is 0 Å². The second-order valence-corrected chi connectivity index (χ2v) is 7.12. The van der Waals surface area contributed by atoms with Crippen molar-refractivity contribution in [2.75, 3.05) is 7.11 Å². The van der Waals surface area contributed by atoms with Crippen molar-refractivity contribution in [3.8, 4) is 0 Å². The Morgan fingerprint density at radius 3 is 2.20 bits per heavy atom. The van der Waals surface area contributed by atoms with Crippen molar-refractivity contribution in [1.82, 2.24) is 5.32 Å². The van der Waals surface area contributed by atoms with Crippen LogP contribution in [0.1, 0.15) is 47.0 Å². The largest absolute Gasteiger partial charge is 0.466 e. The molecule has 1 amide bonds. The summed E-state index contributed by atoms with van der Waals surface area (Å²) in [6.07, 6.45) is 4.23. The third kappa shape index (κ3) is 2.81. The van der Waals surface area contributed by atoms with Crippen LogP contribution in [0.5, 0.6) is 0 Å². The van der Waals surface area contributed by atoms with E-state index in [1.165, 1.54) is 7.11 Å². The number of rotatable bonds is 3. The summed E-state index contributed by atoms with van der Waals surface area (Å²) in [4.78, 5) is 23.1. The Hall–Kier alpha value is -1.52. The summed E-state index contributed by atoms with van der Waals surface area (Å²) in [5.74, 6) is -0.288. The molecule has 0 saturated heterocycles. The van der Waals surface area contributed by atoms with Gasteiger partial charge < -0.3 is 14.8 Å². The van der Waals surface area contributed by atoms with Gasteiger partial charge in [0.1, 0.15) is 5.60 Å². The molecular formula is C15H23NO4. The Kier molecular flexibility index (Phi) is 3.35. The number of nitrogens with one attached hydrogen (secondary N) is 1. The second-order valence-electron chi connectivity index (χ2n) is 7.12. The number of hydrogen-bond acceptors (Lipinski definition) is 4. The molecule has 2 bridgehead atoms. The van der Waals surface area contributed by atoms with Crippen molar-refractivity contribution in [3.63, 3.8) is 0 Å². The van der Waals surface area contributed by atoms with Crippen molar-refractivity contribution >= 4 is 12.1 Å². The Bertz CT molecular complexity index is 453. The molecule has 3 fully saturated rings. The molecule has 0 heterocycles. The number of esters is 1. The quantitative estimate of drug-likeness (QED) is 0.638. The van der Waals surface area contributed by atoms with E-state index < -0.39 is 5.60 Å². The minimum atomic E-state index is -0.479. The van der Waals surface area contributed by atoms with Gasteiger partial charge in [0.15, 0.2) is 0 Å². The first-order valence-corrected chi connectivity index (χ1v) is 6.88. The molecule has 5 nitrogen and oxygen atoms in total. The standard InChI is InChI=1S/C15H23NO4/c1-10(11(17)19-5)6-14-7-15(8-14,9-14)16-12(18)20-13(2,3)4/h6H,7-9H2,1-5H3,(H,16,18)/b10-6-. The fraction of sp³-hybridized carbons (Fsp3) is 0.733. The zero-order valence-electron chi connectivity index (χ0n) is 12.8. The number of alkyl carbamates (subject to hydrolysis) is 1. The van der Waals surface area contributed by atoms with Gasteiger partial charge in [0.2, 0.25) is 0 Å². The lowest BCUT2D eigenvalue weighted by Crippen LogP contribution is -2.74.